The summed E-state index contributed by atoms with van der Waals surface area (Å²) >= 11 is 0. The van der Waals surface area contributed by atoms with Crippen LogP contribution in [0.2, 0.25) is 0 Å². The van der Waals surface area contributed by atoms with Crippen molar-refractivity contribution >= 4 is 12.3 Å². The fourth-order valence-corrected chi connectivity index (χ4v) is 1.32. The number of carbonyl (C=O) groups excluding carboxylic acids is 1. The van der Waals surface area contributed by atoms with Crippen molar-refractivity contribution in [1.29, 1.82) is 0 Å². The molecule has 1 rings (SSSR count). The summed E-state index contributed by atoms with van der Waals surface area (Å²) in [6, 6.07) is 3.90. The predicted octanol–water partition coefficient (Wildman–Crippen LogP) is 2.12. The summed E-state index contributed by atoms with van der Waals surface area (Å²) in [6.07, 6.45) is 0.359. The van der Waals surface area contributed by atoms with Gasteiger partial charge in [-0.3, -0.25) is 9.59 Å². The molecular formula is C11H10F2O4. The van der Waals surface area contributed by atoms with Crippen LogP contribution in [0.3, 0.4) is 0 Å². The molecule has 1 aromatic carbocycles. The van der Waals surface area contributed by atoms with Crippen LogP contribution < -0.4 is 4.74 Å². The number of hydrogen-bond donors (Lipinski definition) is 1. The fraction of sp³-hybridized carbons (Fsp3) is 0.273. The summed E-state index contributed by atoms with van der Waals surface area (Å²) in [5, 5.41) is 8.52. The first kappa shape index (κ1) is 13.1. The van der Waals surface area contributed by atoms with E-state index < -0.39 is 12.6 Å². The summed E-state index contributed by atoms with van der Waals surface area (Å²) in [4.78, 5) is 20.9. The Morgan fingerprint density at radius 1 is 1.47 bits per heavy atom. The van der Waals surface area contributed by atoms with Crippen LogP contribution in [-0.2, 0) is 11.2 Å². The Kier molecular flexibility index (Phi) is 4.56. The van der Waals surface area contributed by atoms with E-state index >= 15 is 0 Å². The average molecular weight is 244 g/mol. The van der Waals surface area contributed by atoms with Crippen LogP contribution in [0.4, 0.5) is 8.78 Å². The second kappa shape index (κ2) is 5.93. The first-order valence-corrected chi connectivity index (χ1v) is 4.77. The minimum absolute atomic E-state index is 0.0269. The zero-order chi connectivity index (χ0) is 12.8. The van der Waals surface area contributed by atoms with Crippen LogP contribution >= 0.6 is 0 Å². The first-order valence-electron chi connectivity index (χ1n) is 4.77. The van der Waals surface area contributed by atoms with E-state index in [2.05, 4.69) is 4.74 Å². The molecule has 6 heteroatoms. The molecule has 0 aliphatic carbocycles. The number of carboxylic acids is 1. The first-order chi connectivity index (χ1) is 8.02. The van der Waals surface area contributed by atoms with Gasteiger partial charge in [0.15, 0.2) is 0 Å². The highest BCUT2D eigenvalue weighted by molar-refractivity contribution is 5.76. The van der Waals surface area contributed by atoms with Crippen molar-refractivity contribution in [1.82, 2.24) is 0 Å². The molecule has 0 aliphatic heterocycles. The molecule has 0 atom stereocenters. The zero-order valence-corrected chi connectivity index (χ0v) is 8.73. The van der Waals surface area contributed by atoms with Gasteiger partial charge in [-0.2, -0.15) is 8.78 Å². The number of alkyl halides is 2. The smallest absolute Gasteiger partial charge is 0.387 e. The van der Waals surface area contributed by atoms with Gasteiger partial charge in [0.25, 0.3) is 0 Å². The van der Waals surface area contributed by atoms with Gasteiger partial charge < -0.3 is 9.84 Å². The number of halogens is 2. The molecule has 0 saturated carbocycles. The molecule has 17 heavy (non-hydrogen) atoms. The Morgan fingerprint density at radius 2 is 2.18 bits per heavy atom. The van der Waals surface area contributed by atoms with Gasteiger partial charge in [0, 0.05) is 12.0 Å². The molecule has 0 heterocycles. The van der Waals surface area contributed by atoms with Gasteiger partial charge in [-0.05, 0) is 30.2 Å². The molecule has 4 nitrogen and oxygen atoms in total. The highest BCUT2D eigenvalue weighted by atomic mass is 19.3. The van der Waals surface area contributed by atoms with Crippen molar-refractivity contribution in [3.63, 3.8) is 0 Å². The lowest BCUT2D eigenvalue weighted by Crippen LogP contribution is -2.06. The third kappa shape index (κ3) is 4.18. The summed E-state index contributed by atoms with van der Waals surface area (Å²) in [7, 11) is 0. The maximum absolute atomic E-state index is 12.1. The Morgan fingerprint density at radius 3 is 2.71 bits per heavy atom. The molecule has 0 fully saturated rings. The lowest BCUT2D eigenvalue weighted by atomic mass is 10.1. The van der Waals surface area contributed by atoms with Crippen LogP contribution in [0.25, 0.3) is 0 Å². The lowest BCUT2D eigenvalue weighted by molar-refractivity contribution is -0.136. The minimum atomic E-state index is -2.99. The van der Waals surface area contributed by atoms with Gasteiger partial charge in [0.2, 0.25) is 0 Å². The monoisotopic (exact) mass is 244 g/mol. The number of aliphatic carboxylic acids is 1. The van der Waals surface area contributed by atoms with Gasteiger partial charge in [0.1, 0.15) is 12.0 Å². The fourth-order valence-electron chi connectivity index (χ4n) is 1.32. The van der Waals surface area contributed by atoms with Crippen molar-refractivity contribution in [3.05, 3.63) is 29.3 Å². The second-order valence-electron chi connectivity index (χ2n) is 3.26. The normalized spacial score (nSPS) is 10.3. The summed E-state index contributed by atoms with van der Waals surface area (Å²) in [5.74, 6) is -1.16. The van der Waals surface area contributed by atoms with Crippen LogP contribution in [0.5, 0.6) is 5.75 Å². The number of carboxylic acid groups (broad SMARTS) is 1. The number of ether oxygens (including phenoxy) is 1. The van der Waals surface area contributed by atoms with Gasteiger partial charge in [0.05, 0.1) is 0 Å². The maximum Gasteiger partial charge on any atom is 0.387 e. The highest BCUT2D eigenvalue weighted by Crippen LogP contribution is 2.23. The van der Waals surface area contributed by atoms with Crippen LogP contribution in [0.1, 0.15) is 22.3 Å². The topological polar surface area (TPSA) is 63.6 Å². The number of aldehydes is 1. The zero-order valence-electron chi connectivity index (χ0n) is 8.73. The Hall–Kier alpha value is -1.98. The molecule has 1 aromatic rings. The van der Waals surface area contributed by atoms with E-state index in [9.17, 15) is 18.4 Å². The molecule has 1 N–H and O–H groups in total. The molecule has 0 spiro atoms. The quantitative estimate of drug-likeness (QED) is 0.778. The van der Waals surface area contributed by atoms with Gasteiger partial charge in [-0.15, -0.1) is 0 Å². The number of aryl methyl sites for hydroxylation is 1. The van der Waals surface area contributed by atoms with Crippen molar-refractivity contribution in [2.45, 2.75) is 19.5 Å². The van der Waals surface area contributed by atoms with Crippen LogP contribution in [0.15, 0.2) is 18.2 Å². The van der Waals surface area contributed by atoms with Gasteiger partial charge >= 0.3 is 12.6 Å². The van der Waals surface area contributed by atoms with E-state index in [1.54, 1.807) is 0 Å². The third-order valence-corrected chi connectivity index (χ3v) is 2.04. The summed E-state index contributed by atoms with van der Waals surface area (Å²) in [6.45, 7) is -2.99. The Labute approximate surface area is 95.8 Å². The predicted molar refractivity (Wildman–Crippen MR) is 54.4 cm³/mol. The molecular weight excluding hydrogens is 234 g/mol. The van der Waals surface area contributed by atoms with Crippen LogP contribution in [0, 0.1) is 0 Å². The minimum Gasteiger partial charge on any atom is -0.481 e. The largest absolute Gasteiger partial charge is 0.481 e. The highest BCUT2D eigenvalue weighted by Gasteiger charge is 2.11. The van der Waals surface area contributed by atoms with E-state index in [-0.39, 0.29) is 29.7 Å². The van der Waals surface area contributed by atoms with Crippen LogP contribution in [-0.4, -0.2) is 24.0 Å². The SMILES string of the molecule is O=Cc1ccc(OC(F)F)c(CCC(=O)O)c1. The lowest BCUT2D eigenvalue weighted by Gasteiger charge is -2.10. The molecule has 0 saturated heterocycles. The number of rotatable bonds is 6. The van der Waals surface area contributed by atoms with Gasteiger partial charge in [-0.1, -0.05) is 0 Å². The molecule has 0 aromatic heterocycles. The van der Waals surface area contributed by atoms with E-state index in [0.29, 0.717) is 6.29 Å². The molecule has 0 radical (unpaired) electrons. The maximum atomic E-state index is 12.1. The molecule has 0 unspecified atom stereocenters. The summed E-state index contributed by atoms with van der Waals surface area (Å²) < 4.78 is 28.4. The molecule has 92 valence electrons. The molecule has 0 amide bonds. The van der Waals surface area contributed by atoms with E-state index in [0.717, 1.165) is 0 Å². The van der Waals surface area contributed by atoms with E-state index in [1.165, 1.54) is 18.2 Å². The summed E-state index contributed by atoms with van der Waals surface area (Å²) in [5.41, 5.74) is 0.560. The number of hydrogen-bond acceptors (Lipinski definition) is 3. The standard InChI is InChI=1S/C11H10F2O4/c12-11(13)17-9-3-1-7(6-14)5-8(9)2-4-10(15)16/h1,3,5-6,11H,2,4H2,(H,15,16). The Bertz CT molecular complexity index is 418. The van der Waals surface area contributed by atoms with E-state index in [1.807, 2.05) is 0 Å². The van der Waals surface area contributed by atoms with Crippen molar-refractivity contribution in [2.75, 3.05) is 0 Å². The molecule has 0 aliphatic rings. The number of benzene rings is 1. The number of carbonyl (C=O) groups is 2. The molecule has 0 bridgehead atoms. The van der Waals surface area contributed by atoms with Crippen molar-refractivity contribution < 1.29 is 28.2 Å². The average Bonchev–Trinajstić information content (AvgIpc) is 2.27. The van der Waals surface area contributed by atoms with Crippen molar-refractivity contribution in [2.24, 2.45) is 0 Å². The van der Waals surface area contributed by atoms with Crippen molar-refractivity contribution in [3.8, 4) is 5.75 Å². The van der Waals surface area contributed by atoms with Gasteiger partial charge in [-0.25, -0.2) is 0 Å². The Balaban J connectivity index is 2.93. The second-order valence-corrected chi connectivity index (χ2v) is 3.26. The third-order valence-electron chi connectivity index (χ3n) is 2.04. The van der Waals surface area contributed by atoms with E-state index in [4.69, 9.17) is 5.11 Å².